The zero-order chi connectivity index (χ0) is 18.8. The van der Waals surface area contributed by atoms with Crippen molar-refractivity contribution in [1.29, 1.82) is 0 Å². The van der Waals surface area contributed by atoms with Crippen LogP contribution in [0.4, 0.5) is 0 Å². The molecule has 3 nitrogen and oxygen atoms in total. The van der Waals surface area contributed by atoms with Crippen LogP contribution in [0, 0.1) is 6.92 Å². The van der Waals surface area contributed by atoms with Crippen LogP contribution in [-0.4, -0.2) is 10.8 Å². The average molecular weight is 374 g/mol. The van der Waals surface area contributed by atoms with Crippen molar-refractivity contribution >= 4 is 40.1 Å². The Morgan fingerprint density at radius 2 is 1.78 bits per heavy atom. The molecular weight excluding hydrogens is 358 g/mol. The van der Waals surface area contributed by atoms with Gasteiger partial charge in [0.05, 0.1) is 5.57 Å². The highest BCUT2D eigenvalue weighted by molar-refractivity contribution is 6.32. The SMILES string of the molecule is Cc1ccc(C(=O)C(=Cc2cccc(Cl)c2)c2nc3ccccc3o2)cc1. The topological polar surface area (TPSA) is 43.1 Å². The molecule has 0 aliphatic heterocycles. The normalized spacial score (nSPS) is 11.7. The summed E-state index contributed by atoms with van der Waals surface area (Å²) in [4.78, 5) is 17.7. The van der Waals surface area contributed by atoms with Crippen molar-refractivity contribution in [1.82, 2.24) is 4.98 Å². The predicted molar refractivity (Wildman–Crippen MR) is 109 cm³/mol. The highest BCUT2D eigenvalue weighted by Gasteiger charge is 2.20. The molecule has 0 N–H and O–H groups in total. The molecule has 4 rings (SSSR count). The molecule has 0 spiro atoms. The zero-order valence-corrected chi connectivity index (χ0v) is 15.4. The number of para-hydroxylation sites is 2. The minimum absolute atomic E-state index is 0.151. The molecule has 0 saturated heterocycles. The monoisotopic (exact) mass is 373 g/mol. The number of aromatic nitrogens is 1. The molecule has 0 radical (unpaired) electrons. The Balaban J connectivity index is 1.86. The van der Waals surface area contributed by atoms with Crippen molar-refractivity contribution in [3.05, 3.63) is 100 Å². The standard InChI is InChI=1S/C23H16ClNO2/c1-15-9-11-17(12-10-15)22(26)19(14-16-5-4-6-18(24)13-16)23-25-20-7-2-3-8-21(20)27-23/h2-14H,1H3. The van der Waals surface area contributed by atoms with Crippen molar-refractivity contribution < 1.29 is 9.21 Å². The molecule has 0 unspecified atom stereocenters. The Labute approximate surface area is 161 Å². The highest BCUT2D eigenvalue weighted by Crippen LogP contribution is 2.27. The largest absolute Gasteiger partial charge is 0.436 e. The van der Waals surface area contributed by atoms with Gasteiger partial charge in [0.1, 0.15) is 5.52 Å². The van der Waals surface area contributed by atoms with Crippen molar-refractivity contribution in [3.63, 3.8) is 0 Å². The number of hydrogen-bond donors (Lipinski definition) is 0. The van der Waals surface area contributed by atoms with Gasteiger partial charge >= 0.3 is 0 Å². The smallest absolute Gasteiger partial charge is 0.231 e. The van der Waals surface area contributed by atoms with Crippen molar-refractivity contribution in [2.75, 3.05) is 0 Å². The second-order valence-corrected chi connectivity index (χ2v) is 6.73. The lowest BCUT2D eigenvalue weighted by Gasteiger charge is -2.05. The number of fused-ring (bicyclic) bond motifs is 1. The Hall–Kier alpha value is -3.17. The van der Waals surface area contributed by atoms with Crippen molar-refractivity contribution in [2.24, 2.45) is 0 Å². The molecule has 1 aromatic heterocycles. The second-order valence-electron chi connectivity index (χ2n) is 6.29. The Morgan fingerprint density at radius 3 is 2.52 bits per heavy atom. The minimum atomic E-state index is -0.151. The lowest BCUT2D eigenvalue weighted by molar-refractivity contribution is 0.105. The summed E-state index contributed by atoms with van der Waals surface area (Å²) >= 11 is 6.10. The third-order valence-corrected chi connectivity index (χ3v) is 4.48. The molecule has 0 fully saturated rings. The molecule has 4 heteroatoms. The van der Waals surface area contributed by atoms with Gasteiger partial charge in [0.15, 0.2) is 11.4 Å². The highest BCUT2D eigenvalue weighted by atomic mass is 35.5. The van der Waals surface area contributed by atoms with Gasteiger partial charge in [0.2, 0.25) is 5.89 Å². The van der Waals surface area contributed by atoms with Crippen LogP contribution in [0.2, 0.25) is 5.02 Å². The quantitative estimate of drug-likeness (QED) is 0.315. The lowest BCUT2D eigenvalue weighted by Crippen LogP contribution is -2.03. The van der Waals surface area contributed by atoms with Crippen LogP contribution in [0.1, 0.15) is 27.4 Å². The van der Waals surface area contributed by atoms with Crippen LogP contribution in [0.25, 0.3) is 22.7 Å². The van der Waals surface area contributed by atoms with Gasteiger partial charge < -0.3 is 4.42 Å². The van der Waals surface area contributed by atoms with Crippen LogP contribution in [0.5, 0.6) is 0 Å². The lowest BCUT2D eigenvalue weighted by atomic mass is 10.00. The molecule has 3 aromatic carbocycles. The molecular formula is C23H16ClNO2. The molecule has 0 aliphatic carbocycles. The number of aryl methyl sites for hydroxylation is 1. The van der Waals surface area contributed by atoms with Gasteiger partial charge in [-0.1, -0.05) is 65.7 Å². The summed E-state index contributed by atoms with van der Waals surface area (Å²) in [6.45, 7) is 1.98. The van der Waals surface area contributed by atoms with Gasteiger partial charge in [0.25, 0.3) is 0 Å². The summed E-state index contributed by atoms with van der Waals surface area (Å²) in [5.41, 5.74) is 4.21. The maximum Gasteiger partial charge on any atom is 0.231 e. The summed E-state index contributed by atoms with van der Waals surface area (Å²) in [5.74, 6) is 0.142. The fraction of sp³-hybridized carbons (Fsp3) is 0.0435. The maximum absolute atomic E-state index is 13.2. The third-order valence-electron chi connectivity index (χ3n) is 4.24. The number of halogens is 1. The van der Waals surface area contributed by atoms with E-state index in [0.29, 0.717) is 33.1 Å². The number of rotatable bonds is 4. The summed E-state index contributed by atoms with van der Waals surface area (Å²) in [6.07, 6.45) is 1.76. The fourth-order valence-corrected chi connectivity index (χ4v) is 3.03. The van der Waals surface area contributed by atoms with Crippen molar-refractivity contribution in [3.8, 4) is 0 Å². The van der Waals surface area contributed by atoms with E-state index in [9.17, 15) is 4.79 Å². The second kappa shape index (κ2) is 7.22. The van der Waals surface area contributed by atoms with E-state index < -0.39 is 0 Å². The number of carbonyl (C=O) groups excluding carboxylic acids is 1. The van der Waals surface area contributed by atoms with E-state index in [1.807, 2.05) is 67.6 Å². The predicted octanol–water partition coefficient (Wildman–Crippen LogP) is 6.21. The number of ketones is 1. The van der Waals surface area contributed by atoms with Crippen LogP contribution >= 0.6 is 11.6 Å². The number of benzene rings is 3. The van der Waals surface area contributed by atoms with Gasteiger partial charge in [-0.25, -0.2) is 4.98 Å². The Morgan fingerprint density at radius 1 is 1.00 bits per heavy atom. The van der Waals surface area contributed by atoms with E-state index in [-0.39, 0.29) is 5.78 Å². The maximum atomic E-state index is 13.2. The van der Waals surface area contributed by atoms with Gasteiger partial charge in [-0.2, -0.15) is 0 Å². The number of allylic oxidation sites excluding steroid dienone is 1. The van der Waals surface area contributed by atoms with Crippen LogP contribution in [0.15, 0.2) is 77.2 Å². The van der Waals surface area contributed by atoms with Gasteiger partial charge in [-0.05, 0) is 42.8 Å². The van der Waals surface area contributed by atoms with E-state index in [1.54, 1.807) is 18.2 Å². The first-order chi connectivity index (χ1) is 13.1. The molecule has 0 aliphatic rings. The van der Waals surface area contributed by atoms with Crippen molar-refractivity contribution in [2.45, 2.75) is 6.92 Å². The van der Waals surface area contributed by atoms with Crippen LogP contribution < -0.4 is 0 Å². The first-order valence-electron chi connectivity index (χ1n) is 8.55. The van der Waals surface area contributed by atoms with Gasteiger partial charge in [-0.15, -0.1) is 0 Å². The van der Waals surface area contributed by atoms with Crippen LogP contribution in [-0.2, 0) is 0 Å². The molecule has 132 valence electrons. The minimum Gasteiger partial charge on any atom is -0.436 e. The van der Waals surface area contributed by atoms with E-state index in [1.165, 1.54) is 0 Å². The first-order valence-corrected chi connectivity index (χ1v) is 8.92. The number of hydrogen-bond acceptors (Lipinski definition) is 3. The van der Waals surface area contributed by atoms with Crippen LogP contribution in [0.3, 0.4) is 0 Å². The number of nitrogens with zero attached hydrogens (tertiary/aromatic N) is 1. The van der Waals surface area contributed by atoms with Gasteiger partial charge in [0, 0.05) is 10.6 Å². The average Bonchev–Trinajstić information content (AvgIpc) is 3.10. The fourth-order valence-electron chi connectivity index (χ4n) is 2.84. The number of Topliss-reactive ketones (excluding diaryl/α,β-unsaturated/α-hetero) is 1. The molecule has 0 bridgehead atoms. The first kappa shape index (κ1) is 17.3. The molecule has 1 heterocycles. The Bertz CT molecular complexity index is 1120. The van der Waals surface area contributed by atoms with E-state index >= 15 is 0 Å². The molecule has 4 aromatic rings. The summed E-state index contributed by atoms with van der Waals surface area (Å²) in [6, 6.07) is 22.2. The number of oxazole rings is 1. The molecule has 0 saturated carbocycles. The zero-order valence-electron chi connectivity index (χ0n) is 14.6. The molecule has 27 heavy (non-hydrogen) atoms. The summed E-state index contributed by atoms with van der Waals surface area (Å²) in [7, 11) is 0. The third kappa shape index (κ3) is 3.69. The Kier molecular flexibility index (Phi) is 4.61. The number of carbonyl (C=O) groups is 1. The van der Waals surface area contributed by atoms with E-state index in [0.717, 1.165) is 11.1 Å². The molecule has 0 amide bonds. The summed E-state index contributed by atoms with van der Waals surface area (Å²) in [5, 5.41) is 0.600. The summed E-state index contributed by atoms with van der Waals surface area (Å²) < 4.78 is 5.87. The molecule has 0 atom stereocenters. The van der Waals surface area contributed by atoms with E-state index in [4.69, 9.17) is 16.0 Å². The van der Waals surface area contributed by atoms with Gasteiger partial charge in [-0.3, -0.25) is 4.79 Å². The van der Waals surface area contributed by atoms with E-state index in [2.05, 4.69) is 4.98 Å².